The Morgan fingerprint density at radius 3 is 3.23 bits per heavy atom. The van der Waals surface area contributed by atoms with Crippen LogP contribution < -0.4 is 0 Å². The molecule has 0 saturated carbocycles. The fraction of sp³-hybridized carbons (Fsp3) is 0.778. The zero-order valence-electron chi connectivity index (χ0n) is 7.50. The number of nitrogens with zero attached hydrogens (tertiary/aromatic N) is 2. The van der Waals surface area contributed by atoms with Crippen molar-refractivity contribution in [1.82, 2.24) is 4.90 Å². The lowest BCUT2D eigenvalue weighted by atomic mass is 9.93. The highest BCUT2D eigenvalue weighted by Gasteiger charge is 2.46. The number of halogens is 1. The Kier molecular flexibility index (Phi) is 2.15. The summed E-state index contributed by atoms with van der Waals surface area (Å²) in [6.07, 6.45) is 3.46. The highest BCUT2D eigenvalue weighted by molar-refractivity contribution is 5.19. The molecular formula is C9H13FN2O. The molecule has 2 rings (SSSR count). The minimum absolute atomic E-state index is 0.125. The SMILES string of the molecule is O=NCC12CCCN1C/C(=C/F)C2. The van der Waals surface area contributed by atoms with Gasteiger partial charge in [-0.25, -0.2) is 4.39 Å². The van der Waals surface area contributed by atoms with E-state index in [4.69, 9.17) is 0 Å². The average Bonchev–Trinajstić information content (AvgIpc) is 2.60. The lowest BCUT2D eigenvalue weighted by Gasteiger charge is -2.28. The van der Waals surface area contributed by atoms with Crippen LogP contribution in [0.5, 0.6) is 0 Å². The number of hydrogen-bond acceptors (Lipinski definition) is 3. The molecule has 0 bridgehead atoms. The van der Waals surface area contributed by atoms with Crippen LogP contribution in [0.3, 0.4) is 0 Å². The van der Waals surface area contributed by atoms with Gasteiger partial charge in [0.25, 0.3) is 0 Å². The topological polar surface area (TPSA) is 32.7 Å². The fourth-order valence-electron chi connectivity index (χ4n) is 2.59. The van der Waals surface area contributed by atoms with Crippen molar-refractivity contribution < 1.29 is 4.39 Å². The molecule has 0 aromatic carbocycles. The first-order valence-corrected chi connectivity index (χ1v) is 4.63. The number of hydrogen-bond donors (Lipinski definition) is 0. The van der Waals surface area contributed by atoms with Crippen molar-refractivity contribution in [2.24, 2.45) is 5.18 Å². The maximum atomic E-state index is 12.3. The van der Waals surface area contributed by atoms with Crippen LogP contribution in [0.25, 0.3) is 0 Å². The molecule has 2 aliphatic rings. The Bertz CT molecular complexity index is 254. The Labute approximate surface area is 76.6 Å². The molecule has 1 unspecified atom stereocenters. The lowest BCUT2D eigenvalue weighted by Crippen LogP contribution is -2.40. The van der Waals surface area contributed by atoms with Crippen molar-refractivity contribution in [3.8, 4) is 0 Å². The second-order valence-corrected chi connectivity index (χ2v) is 3.98. The first kappa shape index (κ1) is 8.81. The van der Waals surface area contributed by atoms with Crippen molar-refractivity contribution in [3.63, 3.8) is 0 Å². The summed E-state index contributed by atoms with van der Waals surface area (Å²) in [6.45, 7) is 1.98. The molecule has 13 heavy (non-hydrogen) atoms. The van der Waals surface area contributed by atoms with Gasteiger partial charge < -0.3 is 0 Å². The minimum atomic E-state index is -0.125. The van der Waals surface area contributed by atoms with Crippen molar-refractivity contribution in [2.75, 3.05) is 19.6 Å². The van der Waals surface area contributed by atoms with Gasteiger partial charge in [0.15, 0.2) is 0 Å². The summed E-state index contributed by atoms with van der Waals surface area (Å²) in [5.74, 6) is 0. The Morgan fingerprint density at radius 1 is 1.69 bits per heavy atom. The smallest absolute Gasteiger partial charge is 0.0998 e. The van der Waals surface area contributed by atoms with Crippen LogP contribution >= 0.6 is 0 Å². The molecule has 0 spiro atoms. The molecule has 2 saturated heterocycles. The van der Waals surface area contributed by atoms with E-state index in [1.165, 1.54) is 0 Å². The standard InChI is InChI=1S/C9H13FN2O/c10-5-8-4-9(7-11-13)2-1-3-12(9)6-8/h5H,1-4,6-7H2/b8-5+. The zero-order valence-corrected chi connectivity index (χ0v) is 7.50. The van der Waals surface area contributed by atoms with Gasteiger partial charge in [-0.15, -0.1) is 0 Å². The number of fused-ring (bicyclic) bond motifs is 1. The highest BCUT2D eigenvalue weighted by atomic mass is 19.1. The van der Waals surface area contributed by atoms with E-state index >= 15 is 0 Å². The maximum absolute atomic E-state index is 12.3. The molecule has 4 heteroatoms. The van der Waals surface area contributed by atoms with E-state index in [0.29, 0.717) is 25.8 Å². The van der Waals surface area contributed by atoms with E-state index in [0.717, 1.165) is 25.0 Å². The van der Waals surface area contributed by atoms with Crippen LogP contribution in [-0.2, 0) is 0 Å². The van der Waals surface area contributed by atoms with E-state index in [9.17, 15) is 9.30 Å². The normalized spacial score (nSPS) is 36.8. The van der Waals surface area contributed by atoms with Gasteiger partial charge in [0.05, 0.1) is 12.9 Å². The largest absolute Gasteiger partial charge is 0.291 e. The molecule has 1 atom stereocenters. The lowest BCUT2D eigenvalue weighted by molar-refractivity contribution is 0.204. The molecule has 0 aliphatic carbocycles. The fourth-order valence-corrected chi connectivity index (χ4v) is 2.59. The first-order chi connectivity index (χ1) is 6.30. The molecule has 72 valence electrons. The van der Waals surface area contributed by atoms with E-state index in [1.54, 1.807) is 0 Å². The summed E-state index contributed by atoms with van der Waals surface area (Å²) in [5, 5.41) is 2.98. The third kappa shape index (κ3) is 1.29. The number of rotatable bonds is 2. The van der Waals surface area contributed by atoms with Crippen molar-refractivity contribution >= 4 is 0 Å². The zero-order chi connectivity index (χ0) is 9.31. The van der Waals surface area contributed by atoms with Gasteiger partial charge in [0.1, 0.15) is 0 Å². The summed E-state index contributed by atoms with van der Waals surface area (Å²) >= 11 is 0. The average molecular weight is 184 g/mol. The quantitative estimate of drug-likeness (QED) is 0.613. The molecule has 0 aromatic rings. The molecule has 0 N–H and O–H groups in total. The summed E-state index contributed by atoms with van der Waals surface area (Å²) in [5.41, 5.74) is 0.683. The van der Waals surface area contributed by atoms with Crippen molar-refractivity contribution in [1.29, 1.82) is 0 Å². The van der Waals surface area contributed by atoms with Crippen LogP contribution in [0.4, 0.5) is 4.39 Å². The third-order valence-electron chi connectivity index (χ3n) is 3.20. The maximum Gasteiger partial charge on any atom is 0.0998 e. The van der Waals surface area contributed by atoms with Crippen LogP contribution in [0.2, 0.25) is 0 Å². The summed E-state index contributed by atoms with van der Waals surface area (Å²) in [4.78, 5) is 12.5. The van der Waals surface area contributed by atoms with E-state index in [2.05, 4.69) is 10.1 Å². The predicted molar refractivity (Wildman–Crippen MR) is 48.0 cm³/mol. The van der Waals surface area contributed by atoms with Crippen molar-refractivity contribution in [3.05, 3.63) is 16.8 Å². The van der Waals surface area contributed by atoms with Gasteiger partial charge in [-0.05, 0) is 31.4 Å². The van der Waals surface area contributed by atoms with Gasteiger partial charge in [-0.1, -0.05) is 5.18 Å². The highest BCUT2D eigenvalue weighted by Crippen LogP contribution is 2.41. The first-order valence-electron chi connectivity index (χ1n) is 4.63. The Hall–Kier alpha value is -0.770. The van der Waals surface area contributed by atoms with Crippen molar-refractivity contribution in [2.45, 2.75) is 24.8 Å². The molecular weight excluding hydrogens is 171 g/mol. The van der Waals surface area contributed by atoms with Gasteiger partial charge in [0.2, 0.25) is 0 Å². The summed E-state index contributed by atoms with van der Waals surface area (Å²) in [7, 11) is 0. The van der Waals surface area contributed by atoms with Gasteiger partial charge >= 0.3 is 0 Å². The molecule has 2 heterocycles. The van der Waals surface area contributed by atoms with Crippen LogP contribution in [0.1, 0.15) is 19.3 Å². The predicted octanol–water partition coefficient (Wildman–Crippen LogP) is 1.84. The van der Waals surface area contributed by atoms with Gasteiger partial charge in [0, 0.05) is 12.1 Å². The van der Waals surface area contributed by atoms with E-state index < -0.39 is 0 Å². The monoisotopic (exact) mass is 184 g/mol. The summed E-state index contributed by atoms with van der Waals surface area (Å²) < 4.78 is 12.3. The van der Waals surface area contributed by atoms with Gasteiger partial charge in [-0.2, -0.15) is 4.91 Å². The van der Waals surface area contributed by atoms with E-state index in [1.807, 2.05) is 0 Å². The second-order valence-electron chi connectivity index (χ2n) is 3.98. The Balaban J connectivity index is 2.19. The molecule has 0 amide bonds. The van der Waals surface area contributed by atoms with Crippen LogP contribution in [0, 0.1) is 4.91 Å². The third-order valence-corrected chi connectivity index (χ3v) is 3.20. The van der Waals surface area contributed by atoms with Crippen LogP contribution in [0.15, 0.2) is 17.1 Å². The van der Waals surface area contributed by atoms with Crippen LogP contribution in [-0.4, -0.2) is 30.1 Å². The molecule has 2 fully saturated rings. The second kappa shape index (κ2) is 3.18. The van der Waals surface area contributed by atoms with E-state index in [-0.39, 0.29) is 5.54 Å². The minimum Gasteiger partial charge on any atom is -0.291 e. The van der Waals surface area contributed by atoms with Gasteiger partial charge in [-0.3, -0.25) is 4.90 Å². The summed E-state index contributed by atoms with van der Waals surface area (Å²) in [6, 6.07) is 0. The Morgan fingerprint density at radius 2 is 2.54 bits per heavy atom. The molecule has 0 radical (unpaired) electrons. The molecule has 0 aromatic heterocycles. The number of nitroso groups, excluding NO2 is 1. The molecule has 3 nitrogen and oxygen atoms in total. The molecule has 2 aliphatic heterocycles.